The van der Waals surface area contributed by atoms with Crippen molar-refractivity contribution in [3.8, 4) is 0 Å². The Labute approximate surface area is 212 Å². The van der Waals surface area contributed by atoms with Gasteiger partial charge in [0.2, 0.25) is 10.0 Å². The first-order valence-corrected chi connectivity index (χ1v) is 13.1. The van der Waals surface area contributed by atoms with Crippen molar-refractivity contribution >= 4 is 61.5 Å². The number of amides is 2. The molecule has 2 aromatic carbocycles. The van der Waals surface area contributed by atoms with Crippen molar-refractivity contribution in [3.05, 3.63) is 81.6 Å². The molecule has 0 spiro atoms. The van der Waals surface area contributed by atoms with Crippen LogP contribution >= 0.6 is 23.4 Å². The number of nitrogens with one attached hydrogen (secondary N) is 1. The molecule has 0 aliphatic carbocycles. The second-order valence-corrected chi connectivity index (χ2v) is 10.9. The lowest BCUT2D eigenvalue weighted by Crippen LogP contribution is -2.44. The van der Waals surface area contributed by atoms with Crippen LogP contribution in [0.5, 0.6) is 0 Å². The number of hydrogen-bond donors (Lipinski definition) is 1. The largest absolute Gasteiger partial charge is 0.309 e. The van der Waals surface area contributed by atoms with Crippen molar-refractivity contribution in [2.45, 2.75) is 12.5 Å². The number of halogens is 4. The number of allylic oxidation sites excluding steroid dienone is 1. The van der Waals surface area contributed by atoms with Gasteiger partial charge in [0.05, 0.1) is 34.8 Å². The fourth-order valence-corrected chi connectivity index (χ4v) is 5.00. The van der Waals surface area contributed by atoms with E-state index in [0.717, 1.165) is 18.4 Å². The number of hydrazine groups is 1. The molecule has 1 aliphatic rings. The number of sulfonamides is 1. The minimum absolute atomic E-state index is 0.0447. The molecule has 188 valence electrons. The van der Waals surface area contributed by atoms with Crippen LogP contribution in [-0.4, -0.2) is 40.6 Å². The molecular weight excluding hydrogens is 541 g/mol. The fourth-order valence-electron chi connectivity index (χ4n) is 3.50. The van der Waals surface area contributed by atoms with E-state index in [1.165, 1.54) is 35.1 Å². The minimum Gasteiger partial charge on any atom is -0.266 e. The van der Waals surface area contributed by atoms with Gasteiger partial charge in [-0.3, -0.25) is 14.3 Å². The summed E-state index contributed by atoms with van der Waals surface area (Å²) < 4.78 is 68.1. The van der Waals surface area contributed by atoms with Gasteiger partial charge in [0.1, 0.15) is 5.82 Å². The topological polar surface area (TPSA) is 101 Å². The SMILES string of the molecule is C=CC(F)(F)c1cc(Cl)ccc1Cn1ncc2c(F)c(C=C3SC(=O)N(NS(C)(=O)=O)C3=O)ccc21. The standard InChI is InChI=1S/C22H16ClF3N4O4S2/c1-3-22(25,26)16-9-14(23)6-4-13(16)11-29-17-7-5-12(19(24)15(17)10-27-29)8-18-20(31)30(21(32)35-18)28-36(2,33)34/h3-10,28H,1,11H2,2H3. The summed E-state index contributed by atoms with van der Waals surface area (Å²) in [7, 11) is -3.90. The van der Waals surface area contributed by atoms with Gasteiger partial charge in [0.25, 0.3) is 11.8 Å². The number of imide groups is 1. The van der Waals surface area contributed by atoms with Gasteiger partial charge in [-0.05, 0) is 53.7 Å². The van der Waals surface area contributed by atoms with Gasteiger partial charge in [-0.2, -0.15) is 18.9 Å². The molecule has 4 rings (SSSR count). The van der Waals surface area contributed by atoms with Crippen LogP contribution in [0.4, 0.5) is 18.0 Å². The number of nitrogens with zero attached hydrogens (tertiary/aromatic N) is 3. The van der Waals surface area contributed by atoms with Crippen LogP contribution in [-0.2, 0) is 27.3 Å². The smallest absolute Gasteiger partial charge is 0.266 e. The van der Waals surface area contributed by atoms with Crippen LogP contribution in [0.25, 0.3) is 17.0 Å². The Morgan fingerprint density at radius 1 is 1.25 bits per heavy atom. The number of aromatic nitrogens is 2. The normalized spacial score (nSPS) is 15.9. The molecule has 36 heavy (non-hydrogen) atoms. The molecule has 0 radical (unpaired) electrons. The quantitative estimate of drug-likeness (QED) is 0.336. The predicted octanol–water partition coefficient (Wildman–Crippen LogP) is 4.66. The van der Waals surface area contributed by atoms with Gasteiger partial charge in [-0.15, -0.1) is 4.83 Å². The first kappa shape index (κ1) is 25.9. The molecule has 1 saturated heterocycles. The number of alkyl halides is 2. The summed E-state index contributed by atoms with van der Waals surface area (Å²) in [5.41, 5.74) is 0.0756. The second kappa shape index (κ2) is 9.39. The van der Waals surface area contributed by atoms with Crippen LogP contribution < -0.4 is 4.83 Å². The van der Waals surface area contributed by atoms with Crippen molar-refractivity contribution < 1.29 is 31.2 Å². The molecule has 2 heterocycles. The van der Waals surface area contributed by atoms with Gasteiger partial charge in [-0.1, -0.05) is 24.2 Å². The number of rotatable bonds is 7. The van der Waals surface area contributed by atoms with E-state index in [1.807, 2.05) is 0 Å². The Morgan fingerprint density at radius 3 is 2.64 bits per heavy atom. The number of benzene rings is 2. The maximum absolute atomic E-state index is 15.3. The van der Waals surface area contributed by atoms with E-state index >= 15 is 4.39 Å². The van der Waals surface area contributed by atoms with E-state index in [-0.39, 0.29) is 38.5 Å². The molecule has 2 amide bonds. The summed E-state index contributed by atoms with van der Waals surface area (Å²) in [6, 6.07) is 6.82. The van der Waals surface area contributed by atoms with Crippen molar-refractivity contribution in [2.24, 2.45) is 0 Å². The zero-order valence-corrected chi connectivity index (χ0v) is 20.7. The lowest BCUT2D eigenvalue weighted by Gasteiger charge is -2.17. The maximum atomic E-state index is 15.3. The van der Waals surface area contributed by atoms with Crippen molar-refractivity contribution in [3.63, 3.8) is 0 Å². The van der Waals surface area contributed by atoms with E-state index in [1.54, 1.807) is 4.83 Å². The second-order valence-electron chi connectivity index (χ2n) is 7.71. The summed E-state index contributed by atoms with van der Waals surface area (Å²) in [5, 5.41) is 3.71. The Morgan fingerprint density at radius 2 is 1.97 bits per heavy atom. The van der Waals surface area contributed by atoms with Gasteiger partial charge < -0.3 is 0 Å². The molecule has 0 bridgehead atoms. The third-order valence-electron chi connectivity index (χ3n) is 5.14. The van der Waals surface area contributed by atoms with Gasteiger partial charge >= 0.3 is 5.24 Å². The van der Waals surface area contributed by atoms with Crippen molar-refractivity contribution in [2.75, 3.05) is 6.26 Å². The zero-order valence-electron chi connectivity index (χ0n) is 18.3. The molecule has 0 unspecified atom stereocenters. The minimum atomic E-state index is -3.90. The van der Waals surface area contributed by atoms with Crippen LogP contribution in [0.15, 0.2) is 54.1 Å². The predicted molar refractivity (Wildman–Crippen MR) is 130 cm³/mol. The molecule has 0 saturated carbocycles. The maximum Gasteiger partial charge on any atom is 0.309 e. The fraction of sp³-hybridized carbons (Fsp3) is 0.136. The van der Waals surface area contributed by atoms with Crippen LogP contribution in [0.2, 0.25) is 5.02 Å². The third-order valence-corrected chi connectivity index (χ3v) is 6.75. The third kappa shape index (κ3) is 5.05. The molecule has 1 N–H and O–H groups in total. The first-order valence-electron chi connectivity index (χ1n) is 10.0. The summed E-state index contributed by atoms with van der Waals surface area (Å²) in [5.74, 6) is -5.07. The molecule has 1 aliphatic heterocycles. The molecule has 1 aromatic heterocycles. The van der Waals surface area contributed by atoms with Gasteiger partial charge in [0.15, 0.2) is 0 Å². The number of hydrogen-bond acceptors (Lipinski definition) is 6. The van der Waals surface area contributed by atoms with Crippen LogP contribution in [0.1, 0.15) is 16.7 Å². The molecule has 8 nitrogen and oxygen atoms in total. The number of thioether (sulfide) groups is 1. The Hall–Kier alpha value is -3.13. The van der Waals surface area contributed by atoms with Gasteiger partial charge in [0, 0.05) is 16.1 Å². The average Bonchev–Trinajstić information content (AvgIpc) is 3.32. The lowest BCUT2D eigenvalue weighted by atomic mass is 10.0. The molecule has 14 heteroatoms. The Bertz CT molecular complexity index is 1570. The highest BCUT2D eigenvalue weighted by Crippen LogP contribution is 2.35. The number of carbonyl (C=O) groups is 2. The Kier molecular flexibility index (Phi) is 6.77. The van der Waals surface area contributed by atoms with E-state index < -0.39 is 32.9 Å². The molecular formula is C22H16ClF3N4O4S2. The summed E-state index contributed by atoms with van der Waals surface area (Å²) in [6.45, 7) is 3.05. The Balaban J connectivity index is 1.68. The van der Waals surface area contributed by atoms with Crippen molar-refractivity contribution in [1.29, 1.82) is 0 Å². The number of carbonyl (C=O) groups excluding carboxylic acids is 2. The summed E-state index contributed by atoms with van der Waals surface area (Å²) >= 11 is 6.34. The molecule has 1 fully saturated rings. The zero-order chi connectivity index (χ0) is 26.4. The van der Waals surface area contributed by atoms with E-state index in [9.17, 15) is 26.8 Å². The highest BCUT2D eigenvalue weighted by molar-refractivity contribution is 8.18. The first-order chi connectivity index (χ1) is 16.8. The average molecular weight is 557 g/mol. The number of fused-ring (bicyclic) bond motifs is 1. The van der Waals surface area contributed by atoms with E-state index in [2.05, 4.69) is 11.7 Å². The monoisotopic (exact) mass is 556 g/mol. The summed E-state index contributed by atoms with van der Waals surface area (Å²) in [6.07, 6.45) is 3.60. The van der Waals surface area contributed by atoms with E-state index in [0.29, 0.717) is 28.4 Å². The van der Waals surface area contributed by atoms with Crippen LogP contribution in [0.3, 0.4) is 0 Å². The highest BCUT2D eigenvalue weighted by atomic mass is 35.5. The molecule has 3 aromatic rings. The van der Waals surface area contributed by atoms with Crippen LogP contribution in [0, 0.1) is 5.82 Å². The highest BCUT2D eigenvalue weighted by Gasteiger charge is 2.37. The van der Waals surface area contributed by atoms with E-state index in [4.69, 9.17) is 11.6 Å². The summed E-state index contributed by atoms with van der Waals surface area (Å²) in [4.78, 5) is 26.0. The molecule has 0 atom stereocenters. The van der Waals surface area contributed by atoms with Crippen molar-refractivity contribution in [1.82, 2.24) is 19.6 Å². The van der Waals surface area contributed by atoms with Gasteiger partial charge in [-0.25, -0.2) is 12.8 Å². The lowest BCUT2D eigenvalue weighted by molar-refractivity contribution is -0.123.